The second kappa shape index (κ2) is 6.94. The van der Waals surface area contributed by atoms with E-state index in [0.29, 0.717) is 12.0 Å². The maximum Gasteiger partial charge on any atom is 0.416 e. The van der Waals surface area contributed by atoms with Gasteiger partial charge >= 0.3 is 6.18 Å². The van der Waals surface area contributed by atoms with Crippen molar-refractivity contribution in [3.63, 3.8) is 0 Å². The second-order valence-corrected chi connectivity index (χ2v) is 6.86. The Bertz CT molecular complexity index is 846. The standard InChI is InChI=1S/C20H18F5NO/c1-11(15-9-14(21)7-8-18(15)22)26(2)19(27)17-10-16(17)12-3-5-13(6-4-12)20(23,24)25/h3-9,11,16-17H,10H2,1-2H3. The molecular formula is C20H18F5NO. The maximum absolute atomic E-state index is 13.9. The summed E-state index contributed by atoms with van der Waals surface area (Å²) in [4.78, 5) is 14.0. The zero-order chi connectivity index (χ0) is 19.9. The Morgan fingerprint density at radius 1 is 1.11 bits per heavy atom. The van der Waals surface area contributed by atoms with Crippen molar-refractivity contribution < 1.29 is 26.7 Å². The van der Waals surface area contributed by atoms with E-state index in [1.54, 1.807) is 6.92 Å². The summed E-state index contributed by atoms with van der Waals surface area (Å²) in [5.74, 6) is -1.96. The van der Waals surface area contributed by atoms with Crippen LogP contribution in [0.15, 0.2) is 42.5 Å². The van der Waals surface area contributed by atoms with Crippen LogP contribution < -0.4 is 0 Å². The first-order chi connectivity index (χ1) is 12.6. The molecule has 7 heteroatoms. The minimum Gasteiger partial charge on any atom is -0.339 e. The van der Waals surface area contributed by atoms with Crippen LogP contribution in [0.1, 0.15) is 42.0 Å². The van der Waals surface area contributed by atoms with Crippen LogP contribution in [-0.2, 0) is 11.0 Å². The highest BCUT2D eigenvalue weighted by Gasteiger charge is 2.46. The zero-order valence-electron chi connectivity index (χ0n) is 14.7. The van der Waals surface area contributed by atoms with E-state index in [0.717, 1.165) is 30.3 Å². The molecule has 2 aromatic carbocycles. The third kappa shape index (κ3) is 3.96. The van der Waals surface area contributed by atoms with Gasteiger partial charge in [-0.2, -0.15) is 13.2 Å². The lowest BCUT2D eigenvalue weighted by Gasteiger charge is -2.26. The summed E-state index contributed by atoms with van der Waals surface area (Å²) in [6, 6.07) is 7.20. The van der Waals surface area contributed by atoms with Crippen LogP contribution in [-0.4, -0.2) is 17.9 Å². The summed E-state index contributed by atoms with van der Waals surface area (Å²) in [6.07, 6.45) is -3.88. The summed E-state index contributed by atoms with van der Waals surface area (Å²) in [5.41, 5.74) is 0.0130. The number of carbonyl (C=O) groups excluding carboxylic acids is 1. The van der Waals surface area contributed by atoms with E-state index in [1.807, 2.05) is 0 Å². The van der Waals surface area contributed by atoms with E-state index in [4.69, 9.17) is 0 Å². The summed E-state index contributed by atoms with van der Waals surface area (Å²) >= 11 is 0. The van der Waals surface area contributed by atoms with E-state index in [-0.39, 0.29) is 23.3 Å². The molecule has 1 saturated carbocycles. The summed E-state index contributed by atoms with van der Waals surface area (Å²) in [6.45, 7) is 1.60. The lowest BCUT2D eigenvalue weighted by atomic mass is 10.0. The van der Waals surface area contributed by atoms with E-state index in [1.165, 1.54) is 24.1 Å². The van der Waals surface area contributed by atoms with Gasteiger partial charge in [0.25, 0.3) is 0 Å². The molecule has 0 saturated heterocycles. The number of amides is 1. The van der Waals surface area contributed by atoms with Gasteiger partial charge < -0.3 is 4.90 Å². The summed E-state index contributed by atoms with van der Waals surface area (Å²) in [5, 5.41) is 0. The lowest BCUT2D eigenvalue weighted by molar-refractivity contribution is -0.137. The predicted octanol–water partition coefficient (Wildman–Crippen LogP) is 5.31. The Morgan fingerprint density at radius 3 is 2.33 bits per heavy atom. The van der Waals surface area contributed by atoms with Crippen molar-refractivity contribution in [3.8, 4) is 0 Å². The van der Waals surface area contributed by atoms with Crippen molar-refractivity contribution in [3.05, 3.63) is 70.8 Å². The Labute approximate surface area is 153 Å². The van der Waals surface area contributed by atoms with Crippen LogP contribution >= 0.6 is 0 Å². The molecule has 2 nitrogen and oxygen atoms in total. The number of rotatable bonds is 4. The molecule has 0 radical (unpaired) electrons. The van der Waals surface area contributed by atoms with Gasteiger partial charge in [0.05, 0.1) is 11.6 Å². The quantitative estimate of drug-likeness (QED) is 0.656. The third-order valence-corrected chi connectivity index (χ3v) is 5.11. The van der Waals surface area contributed by atoms with Gasteiger partial charge in [0, 0.05) is 18.5 Å². The van der Waals surface area contributed by atoms with Crippen molar-refractivity contribution in [2.24, 2.45) is 5.92 Å². The minimum atomic E-state index is -4.40. The van der Waals surface area contributed by atoms with Gasteiger partial charge in [-0.15, -0.1) is 0 Å². The first-order valence-electron chi connectivity index (χ1n) is 8.48. The molecule has 1 aliphatic rings. The number of carbonyl (C=O) groups is 1. The molecular weight excluding hydrogens is 365 g/mol. The largest absolute Gasteiger partial charge is 0.416 e. The van der Waals surface area contributed by atoms with Crippen LogP contribution in [0.25, 0.3) is 0 Å². The molecule has 2 aromatic rings. The fourth-order valence-electron chi connectivity index (χ4n) is 3.25. The fourth-order valence-corrected chi connectivity index (χ4v) is 3.25. The van der Waals surface area contributed by atoms with Crippen molar-refractivity contribution in [2.75, 3.05) is 7.05 Å². The van der Waals surface area contributed by atoms with E-state index < -0.39 is 29.4 Å². The van der Waals surface area contributed by atoms with Crippen molar-refractivity contribution in [1.29, 1.82) is 0 Å². The van der Waals surface area contributed by atoms with Crippen LogP contribution in [0.2, 0.25) is 0 Å². The molecule has 27 heavy (non-hydrogen) atoms. The normalized spacial score (nSPS) is 20.3. The van der Waals surface area contributed by atoms with Crippen molar-refractivity contribution in [2.45, 2.75) is 31.5 Å². The highest BCUT2D eigenvalue weighted by Crippen LogP contribution is 2.49. The van der Waals surface area contributed by atoms with Gasteiger partial charge in [-0.1, -0.05) is 12.1 Å². The number of nitrogens with zero attached hydrogens (tertiary/aromatic N) is 1. The topological polar surface area (TPSA) is 20.3 Å². The molecule has 1 fully saturated rings. The van der Waals surface area contributed by atoms with Gasteiger partial charge in [0.1, 0.15) is 11.6 Å². The Morgan fingerprint density at radius 2 is 1.74 bits per heavy atom. The van der Waals surface area contributed by atoms with E-state index >= 15 is 0 Å². The molecule has 0 spiro atoms. The zero-order valence-corrected chi connectivity index (χ0v) is 14.7. The minimum absolute atomic E-state index is 0.0811. The maximum atomic E-state index is 13.9. The molecule has 1 amide bonds. The van der Waals surface area contributed by atoms with Gasteiger partial charge in [0.2, 0.25) is 5.91 Å². The fraction of sp³-hybridized carbons (Fsp3) is 0.350. The third-order valence-electron chi connectivity index (χ3n) is 5.11. The Hall–Kier alpha value is -2.44. The number of alkyl halides is 3. The average molecular weight is 383 g/mol. The van der Waals surface area contributed by atoms with Crippen molar-refractivity contribution >= 4 is 5.91 Å². The number of halogens is 5. The van der Waals surface area contributed by atoms with Gasteiger partial charge in [-0.25, -0.2) is 8.78 Å². The molecule has 144 valence electrons. The van der Waals surface area contributed by atoms with Crippen LogP contribution in [0.5, 0.6) is 0 Å². The van der Waals surface area contributed by atoms with Crippen molar-refractivity contribution in [1.82, 2.24) is 4.90 Å². The summed E-state index contributed by atoms with van der Waals surface area (Å²) < 4.78 is 65.3. The number of hydrogen-bond donors (Lipinski definition) is 0. The van der Waals surface area contributed by atoms with Crippen LogP contribution in [0.4, 0.5) is 22.0 Å². The van der Waals surface area contributed by atoms with E-state index in [9.17, 15) is 26.7 Å². The molecule has 0 aliphatic heterocycles. The van der Waals surface area contributed by atoms with Gasteiger partial charge in [-0.05, 0) is 55.2 Å². The van der Waals surface area contributed by atoms with E-state index in [2.05, 4.69) is 0 Å². The molecule has 0 N–H and O–H groups in total. The lowest BCUT2D eigenvalue weighted by Crippen LogP contribution is -2.31. The molecule has 0 aromatic heterocycles. The first kappa shape index (κ1) is 19.3. The van der Waals surface area contributed by atoms with Crippen LogP contribution in [0.3, 0.4) is 0 Å². The number of hydrogen-bond acceptors (Lipinski definition) is 1. The first-order valence-corrected chi connectivity index (χ1v) is 8.48. The molecule has 3 rings (SSSR count). The van der Waals surface area contributed by atoms with Gasteiger partial charge in [0.15, 0.2) is 0 Å². The molecule has 0 heterocycles. The molecule has 0 bridgehead atoms. The highest BCUT2D eigenvalue weighted by molar-refractivity contribution is 5.83. The Kier molecular flexibility index (Phi) is 4.97. The summed E-state index contributed by atoms with van der Waals surface area (Å²) in [7, 11) is 1.51. The number of benzene rings is 2. The highest BCUT2D eigenvalue weighted by atomic mass is 19.4. The van der Waals surface area contributed by atoms with Gasteiger partial charge in [-0.3, -0.25) is 4.79 Å². The second-order valence-electron chi connectivity index (χ2n) is 6.86. The molecule has 3 atom stereocenters. The van der Waals surface area contributed by atoms with Crippen LogP contribution in [0, 0.1) is 17.6 Å². The monoisotopic (exact) mass is 383 g/mol. The molecule has 3 unspecified atom stereocenters. The Balaban J connectivity index is 1.69. The molecule has 1 aliphatic carbocycles. The smallest absolute Gasteiger partial charge is 0.339 e. The predicted molar refractivity (Wildman–Crippen MR) is 89.8 cm³/mol. The SMILES string of the molecule is CC(c1cc(F)ccc1F)N(C)C(=O)C1CC1c1ccc(C(F)(F)F)cc1. The average Bonchev–Trinajstić information content (AvgIpc) is 3.42.